The van der Waals surface area contributed by atoms with Crippen LogP contribution in [0.15, 0.2) is 42.5 Å². The first-order valence-corrected chi connectivity index (χ1v) is 10.4. The van der Waals surface area contributed by atoms with Gasteiger partial charge in [0.25, 0.3) is 0 Å². The zero-order chi connectivity index (χ0) is 19.9. The Labute approximate surface area is 173 Å². The molecule has 4 nitrogen and oxygen atoms in total. The van der Waals surface area contributed by atoms with Gasteiger partial charge in [0.1, 0.15) is 6.07 Å². The quantitative estimate of drug-likeness (QED) is 0.745. The molecule has 1 aliphatic heterocycles. The summed E-state index contributed by atoms with van der Waals surface area (Å²) in [4.78, 5) is 4.48. The van der Waals surface area contributed by atoms with Crippen molar-refractivity contribution in [2.24, 2.45) is 0 Å². The molecule has 1 saturated heterocycles. The van der Waals surface area contributed by atoms with Crippen molar-refractivity contribution in [2.75, 3.05) is 36.4 Å². The van der Waals surface area contributed by atoms with Gasteiger partial charge in [0, 0.05) is 31.9 Å². The van der Waals surface area contributed by atoms with Crippen molar-refractivity contribution in [3.63, 3.8) is 0 Å². The lowest BCUT2D eigenvalue weighted by atomic mass is 10.0. The number of unbranched alkanes of at least 4 members (excludes halogenated alkanes) is 1. The number of benzene rings is 2. The van der Waals surface area contributed by atoms with E-state index >= 15 is 0 Å². The highest BCUT2D eigenvalue weighted by atomic mass is 32.1. The summed E-state index contributed by atoms with van der Waals surface area (Å²) in [6.45, 7) is 7.76. The summed E-state index contributed by atoms with van der Waals surface area (Å²) in [6.07, 6.45) is 3.58. The molecule has 146 valence electrons. The molecule has 1 fully saturated rings. The highest BCUT2D eigenvalue weighted by molar-refractivity contribution is 7.80. The second-order valence-corrected chi connectivity index (χ2v) is 7.67. The molecule has 0 aromatic heterocycles. The molecule has 0 bridgehead atoms. The molecule has 1 N–H and O–H groups in total. The topological polar surface area (TPSA) is 42.3 Å². The van der Waals surface area contributed by atoms with Crippen LogP contribution in [0.3, 0.4) is 0 Å². The molecule has 1 aliphatic rings. The summed E-state index contributed by atoms with van der Waals surface area (Å²) in [7, 11) is 0. The van der Waals surface area contributed by atoms with E-state index in [1.54, 1.807) is 0 Å². The molecular formula is C23H28N4S. The third-order valence-corrected chi connectivity index (χ3v) is 5.64. The van der Waals surface area contributed by atoms with Crippen molar-refractivity contribution < 1.29 is 0 Å². The summed E-state index contributed by atoms with van der Waals surface area (Å²) in [5.74, 6) is 0. The number of nitrogens with one attached hydrogen (secondary N) is 1. The maximum atomic E-state index is 9.33. The Morgan fingerprint density at radius 1 is 1.14 bits per heavy atom. The lowest BCUT2D eigenvalue weighted by Crippen LogP contribution is -2.50. The molecule has 0 spiro atoms. The number of nitrogens with zero attached hydrogens (tertiary/aromatic N) is 3. The van der Waals surface area contributed by atoms with Crippen LogP contribution in [0.2, 0.25) is 0 Å². The minimum absolute atomic E-state index is 0.732. The van der Waals surface area contributed by atoms with E-state index in [0.717, 1.165) is 54.7 Å². The van der Waals surface area contributed by atoms with Crippen LogP contribution in [-0.4, -0.2) is 36.2 Å². The number of rotatable bonds is 5. The molecule has 0 radical (unpaired) electrons. The maximum absolute atomic E-state index is 9.33. The number of aryl methyl sites for hydroxylation is 2. The summed E-state index contributed by atoms with van der Waals surface area (Å²) >= 11 is 5.67. The van der Waals surface area contributed by atoms with E-state index in [1.165, 1.54) is 24.0 Å². The Hall–Kier alpha value is -2.58. The Bertz CT molecular complexity index is 863. The van der Waals surface area contributed by atoms with Crippen molar-refractivity contribution >= 4 is 28.7 Å². The van der Waals surface area contributed by atoms with Crippen LogP contribution >= 0.6 is 12.2 Å². The fraction of sp³-hybridized carbons (Fsp3) is 0.391. The predicted molar refractivity (Wildman–Crippen MR) is 121 cm³/mol. The molecular weight excluding hydrogens is 364 g/mol. The third kappa shape index (κ3) is 4.82. The number of thiocarbonyl (C=S) groups is 1. The Morgan fingerprint density at radius 2 is 1.89 bits per heavy atom. The van der Waals surface area contributed by atoms with Gasteiger partial charge in [-0.1, -0.05) is 37.6 Å². The van der Waals surface area contributed by atoms with Gasteiger partial charge in [-0.2, -0.15) is 5.26 Å². The Morgan fingerprint density at radius 3 is 2.57 bits per heavy atom. The molecule has 5 heteroatoms. The predicted octanol–water partition coefficient (Wildman–Crippen LogP) is 4.73. The van der Waals surface area contributed by atoms with E-state index in [1.807, 2.05) is 24.3 Å². The van der Waals surface area contributed by atoms with Gasteiger partial charge in [-0.15, -0.1) is 0 Å². The average Bonchev–Trinajstić information content (AvgIpc) is 2.74. The lowest BCUT2D eigenvalue weighted by Gasteiger charge is -2.37. The highest BCUT2D eigenvalue weighted by Crippen LogP contribution is 2.22. The van der Waals surface area contributed by atoms with E-state index in [-0.39, 0.29) is 0 Å². The van der Waals surface area contributed by atoms with Crippen molar-refractivity contribution in [2.45, 2.75) is 33.1 Å². The zero-order valence-corrected chi connectivity index (χ0v) is 17.6. The van der Waals surface area contributed by atoms with Crippen molar-refractivity contribution in [3.05, 3.63) is 59.2 Å². The molecule has 1 heterocycles. The van der Waals surface area contributed by atoms with E-state index in [2.05, 4.69) is 53.2 Å². The highest BCUT2D eigenvalue weighted by Gasteiger charge is 2.21. The monoisotopic (exact) mass is 392 g/mol. The smallest absolute Gasteiger partial charge is 0.173 e. The first-order chi connectivity index (χ1) is 13.6. The second kappa shape index (κ2) is 9.57. The van der Waals surface area contributed by atoms with E-state index < -0.39 is 0 Å². The van der Waals surface area contributed by atoms with Crippen LogP contribution in [0.4, 0.5) is 11.4 Å². The second-order valence-electron chi connectivity index (χ2n) is 7.29. The van der Waals surface area contributed by atoms with Gasteiger partial charge in [0.2, 0.25) is 0 Å². The number of hydrogen-bond donors (Lipinski definition) is 1. The summed E-state index contributed by atoms with van der Waals surface area (Å²) in [5, 5.41) is 13.5. The summed E-state index contributed by atoms with van der Waals surface area (Å²) in [5.41, 5.74) is 5.46. The Balaban J connectivity index is 1.58. The van der Waals surface area contributed by atoms with Gasteiger partial charge >= 0.3 is 0 Å². The lowest BCUT2D eigenvalue weighted by molar-refractivity contribution is 0.391. The van der Waals surface area contributed by atoms with E-state index in [4.69, 9.17) is 12.2 Å². The summed E-state index contributed by atoms with van der Waals surface area (Å²) in [6, 6.07) is 16.7. The number of anilines is 2. The van der Waals surface area contributed by atoms with E-state index in [9.17, 15) is 5.26 Å². The van der Waals surface area contributed by atoms with Gasteiger partial charge in [-0.05, 0) is 61.3 Å². The molecule has 0 atom stereocenters. The zero-order valence-electron chi connectivity index (χ0n) is 16.7. The first-order valence-electron chi connectivity index (χ1n) is 10.0. The van der Waals surface area contributed by atoms with Crippen molar-refractivity contribution in [1.29, 1.82) is 5.26 Å². The number of para-hydroxylation sites is 1. The van der Waals surface area contributed by atoms with Crippen molar-refractivity contribution in [1.82, 2.24) is 4.90 Å². The van der Waals surface area contributed by atoms with Crippen LogP contribution < -0.4 is 10.2 Å². The molecule has 0 saturated carbocycles. The van der Waals surface area contributed by atoms with Gasteiger partial charge in [0.05, 0.1) is 11.3 Å². The molecule has 0 amide bonds. The molecule has 28 heavy (non-hydrogen) atoms. The first kappa shape index (κ1) is 20.2. The fourth-order valence-corrected chi connectivity index (χ4v) is 3.88. The van der Waals surface area contributed by atoms with Crippen LogP contribution in [0, 0.1) is 18.3 Å². The SMILES string of the molecule is CCCCc1ccc(NC(=S)N2CCN(c3ccccc3C#N)CC2)c(C)c1. The minimum Gasteiger partial charge on any atom is -0.367 e. The van der Waals surface area contributed by atoms with Crippen LogP contribution in [0.25, 0.3) is 0 Å². The molecule has 0 unspecified atom stereocenters. The van der Waals surface area contributed by atoms with Crippen LogP contribution in [0.5, 0.6) is 0 Å². The fourth-order valence-electron chi connectivity index (χ4n) is 3.59. The Kier molecular flexibility index (Phi) is 6.89. The normalized spacial score (nSPS) is 13.9. The van der Waals surface area contributed by atoms with Gasteiger partial charge in [-0.3, -0.25) is 0 Å². The number of nitriles is 1. The molecule has 2 aromatic carbocycles. The van der Waals surface area contributed by atoms with Gasteiger partial charge in [-0.25, -0.2) is 0 Å². The van der Waals surface area contributed by atoms with Crippen LogP contribution in [0.1, 0.15) is 36.5 Å². The average molecular weight is 393 g/mol. The van der Waals surface area contributed by atoms with E-state index in [0.29, 0.717) is 0 Å². The number of piperazine rings is 1. The molecule has 3 rings (SSSR count). The van der Waals surface area contributed by atoms with Crippen molar-refractivity contribution in [3.8, 4) is 6.07 Å². The molecule has 0 aliphatic carbocycles. The van der Waals surface area contributed by atoms with Gasteiger partial charge in [0.15, 0.2) is 5.11 Å². The largest absolute Gasteiger partial charge is 0.367 e. The maximum Gasteiger partial charge on any atom is 0.173 e. The van der Waals surface area contributed by atoms with Crippen LogP contribution in [-0.2, 0) is 6.42 Å². The standard InChI is InChI=1S/C23H28N4S/c1-3-4-7-19-10-11-21(18(2)16-19)25-23(28)27-14-12-26(13-15-27)22-9-6-5-8-20(22)17-24/h5-6,8-11,16H,3-4,7,12-15H2,1-2H3,(H,25,28). The summed E-state index contributed by atoms with van der Waals surface area (Å²) < 4.78 is 0. The molecule has 2 aromatic rings. The van der Waals surface area contributed by atoms with Gasteiger partial charge < -0.3 is 15.1 Å². The minimum atomic E-state index is 0.732. The third-order valence-electron chi connectivity index (χ3n) is 5.28. The number of hydrogen-bond acceptors (Lipinski definition) is 3.